The number of nitro groups is 1. The van der Waals surface area contributed by atoms with Gasteiger partial charge in [-0.25, -0.2) is 12.8 Å². The van der Waals surface area contributed by atoms with Gasteiger partial charge in [0.1, 0.15) is 10.7 Å². The monoisotopic (exact) mass is 310 g/mol. The maximum absolute atomic E-state index is 13.6. The van der Waals surface area contributed by atoms with E-state index in [4.69, 9.17) is 5.11 Å². The summed E-state index contributed by atoms with van der Waals surface area (Å²) in [5.74, 6) is -2.91. The van der Waals surface area contributed by atoms with Crippen LogP contribution >= 0.6 is 0 Å². The summed E-state index contributed by atoms with van der Waals surface area (Å²) >= 11 is 0. The molecule has 0 amide bonds. The minimum atomic E-state index is -4.41. The normalized spacial score (nSPS) is 13.5. The zero-order valence-electron chi connectivity index (χ0n) is 10.6. The third-order valence-corrected chi connectivity index (χ3v) is 4.25. The minimum absolute atomic E-state index is 0.140. The van der Waals surface area contributed by atoms with E-state index in [1.54, 1.807) is 0 Å². The smallest absolute Gasteiger partial charge is 0.306 e. The van der Waals surface area contributed by atoms with Gasteiger partial charge in [0.2, 0.25) is 15.8 Å². The first-order chi connectivity index (χ1) is 9.07. The highest BCUT2D eigenvalue weighted by molar-refractivity contribution is 7.89. The molecule has 10 heteroatoms. The molecular formula is C10H12F2N2O5S. The lowest BCUT2D eigenvalue weighted by Gasteiger charge is -2.18. The van der Waals surface area contributed by atoms with Crippen LogP contribution in [0.5, 0.6) is 0 Å². The molecule has 1 aromatic rings. The lowest BCUT2D eigenvalue weighted by atomic mass is 10.3. The number of nitro benzene ring substituents is 1. The van der Waals surface area contributed by atoms with E-state index in [2.05, 4.69) is 0 Å². The van der Waals surface area contributed by atoms with Crippen molar-refractivity contribution >= 4 is 15.7 Å². The summed E-state index contributed by atoms with van der Waals surface area (Å²) in [4.78, 5) is 8.38. The molecule has 0 aliphatic carbocycles. The summed E-state index contributed by atoms with van der Waals surface area (Å²) in [5.41, 5.74) is -1.14. The van der Waals surface area contributed by atoms with E-state index in [1.807, 2.05) is 0 Å². The fourth-order valence-electron chi connectivity index (χ4n) is 1.49. The van der Waals surface area contributed by atoms with E-state index in [1.165, 1.54) is 6.92 Å². The topological polar surface area (TPSA) is 101 Å². The van der Waals surface area contributed by atoms with Crippen LogP contribution in [0.3, 0.4) is 0 Å². The Morgan fingerprint density at radius 2 is 1.95 bits per heavy atom. The quantitative estimate of drug-likeness (QED) is 0.642. The van der Waals surface area contributed by atoms with E-state index < -0.39 is 43.3 Å². The van der Waals surface area contributed by atoms with E-state index in [-0.39, 0.29) is 12.6 Å². The van der Waals surface area contributed by atoms with Gasteiger partial charge in [-0.1, -0.05) is 0 Å². The summed E-state index contributed by atoms with van der Waals surface area (Å²) in [6.45, 7) is 0.975. The molecule has 7 nitrogen and oxygen atoms in total. The van der Waals surface area contributed by atoms with Gasteiger partial charge in [0.05, 0.1) is 11.0 Å². The molecule has 0 saturated heterocycles. The summed E-state index contributed by atoms with van der Waals surface area (Å²) in [6, 6.07) is 0.458. The highest BCUT2D eigenvalue weighted by atomic mass is 32.2. The lowest BCUT2D eigenvalue weighted by Crippen LogP contribution is -2.33. The van der Waals surface area contributed by atoms with Crippen molar-refractivity contribution in [2.75, 3.05) is 13.6 Å². The molecule has 1 atom stereocenters. The molecular weight excluding hydrogens is 298 g/mol. The lowest BCUT2D eigenvalue weighted by molar-refractivity contribution is -0.387. The fourth-order valence-corrected chi connectivity index (χ4v) is 2.81. The fraction of sp³-hybridized carbons (Fsp3) is 0.400. The predicted molar refractivity (Wildman–Crippen MR) is 64.5 cm³/mol. The molecule has 0 fully saturated rings. The maximum atomic E-state index is 13.6. The van der Waals surface area contributed by atoms with Crippen LogP contribution in [-0.2, 0) is 10.0 Å². The molecule has 20 heavy (non-hydrogen) atoms. The molecule has 0 aromatic heterocycles. The molecule has 0 saturated carbocycles. The van der Waals surface area contributed by atoms with Gasteiger partial charge in [-0.15, -0.1) is 0 Å². The van der Waals surface area contributed by atoms with Crippen LogP contribution < -0.4 is 0 Å². The van der Waals surface area contributed by atoms with Crippen molar-refractivity contribution in [2.45, 2.75) is 17.9 Å². The Morgan fingerprint density at radius 1 is 1.40 bits per heavy atom. The number of hydrogen-bond acceptors (Lipinski definition) is 5. The number of hydrogen-bond donors (Lipinski definition) is 1. The third-order valence-electron chi connectivity index (χ3n) is 2.41. The molecule has 0 aliphatic heterocycles. The molecule has 1 unspecified atom stereocenters. The van der Waals surface area contributed by atoms with Gasteiger partial charge in [0.25, 0.3) is 0 Å². The van der Waals surface area contributed by atoms with Crippen molar-refractivity contribution in [3.63, 3.8) is 0 Å². The van der Waals surface area contributed by atoms with Gasteiger partial charge >= 0.3 is 5.69 Å². The van der Waals surface area contributed by atoms with Crippen molar-refractivity contribution in [1.29, 1.82) is 0 Å². The zero-order valence-corrected chi connectivity index (χ0v) is 11.4. The number of nitrogens with zero attached hydrogens (tertiary/aromatic N) is 2. The summed E-state index contributed by atoms with van der Waals surface area (Å²) in [6.07, 6.45) is -1.02. The number of halogens is 2. The maximum Gasteiger partial charge on any atom is 0.306 e. The Morgan fingerprint density at radius 3 is 2.40 bits per heavy atom. The molecule has 0 spiro atoms. The van der Waals surface area contributed by atoms with Crippen LogP contribution in [0, 0.1) is 21.7 Å². The molecule has 1 aromatic carbocycles. The Kier molecular flexibility index (Phi) is 4.73. The number of likely N-dealkylation sites (N-methyl/N-ethyl adjacent to an activating group) is 1. The second-order valence-electron chi connectivity index (χ2n) is 4.13. The summed E-state index contributed by atoms with van der Waals surface area (Å²) in [7, 11) is -3.34. The Balaban J connectivity index is 3.38. The first-order valence-electron chi connectivity index (χ1n) is 5.35. The first-order valence-corrected chi connectivity index (χ1v) is 6.79. The predicted octanol–water partition coefficient (Wildman–Crippen LogP) is 0.874. The van der Waals surface area contributed by atoms with Crippen LogP contribution in [-0.4, -0.2) is 42.4 Å². The highest BCUT2D eigenvalue weighted by Crippen LogP contribution is 2.26. The Bertz CT molecular complexity index is 633. The number of benzene rings is 1. The SMILES string of the molecule is CC(O)CN(C)S(=O)(=O)c1cc([N+](=O)[O-])c(F)cc1F. The van der Waals surface area contributed by atoms with E-state index in [9.17, 15) is 27.3 Å². The van der Waals surface area contributed by atoms with Gasteiger partial charge in [0, 0.05) is 25.7 Å². The van der Waals surface area contributed by atoms with E-state index in [0.717, 1.165) is 7.05 Å². The molecule has 1 N–H and O–H groups in total. The van der Waals surface area contributed by atoms with Gasteiger partial charge in [-0.2, -0.15) is 8.70 Å². The highest BCUT2D eigenvalue weighted by Gasteiger charge is 2.29. The average molecular weight is 310 g/mol. The standard InChI is InChI=1S/C10H12F2N2O5S/c1-6(15)5-13(2)20(18,19)10-4-9(14(16)17)7(11)3-8(10)12/h3-4,6,15H,5H2,1-2H3. The summed E-state index contributed by atoms with van der Waals surface area (Å²) < 4.78 is 51.3. The molecule has 0 aliphatic rings. The minimum Gasteiger partial charge on any atom is -0.392 e. The summed E-state index contributed by atoms with van der Waals surface area (Å²) in [5, 5.41) is 19.7. The second kappa shape index (κ2) is 5.77. The number of sulfonamides is 1. The van der Waals surface area contributed by atoms with Crippen LogP contribution in [0.15, 0.2) is 17.0 Å². The Labute approximate surface area is 113 Å². The zero-order chi connectivity index (χ0) is 15.7. The van der Waals surface area contributed by atoms with Crippen molar-refractivity contribution in [1.82, 2.24) is 4.31 Å². The molecule has 0 bridgehead atoms. The van der Waals surface area contributed by atoms with Crippen molar-refractivity contribution in [2.24, 2.45) is 0 Å². The second-order valence-corrected chi connectivity index (χ2v) is 6.14. The number of aliphatic hydroxyl groups is 1. The van der Waals surface area contributed by atoms with Crippen molar-refractivity contribution in [3.8, 4) is 0 Å². The van der Waals surface area contributed by atoms with Crippen LogP contribution in [0.4, 0.5) is 14.5 Å². The van der Waals surface area contributed by atoms with Gasteiger partial charge < -0.3 is 5.11 Å². The van der Waals surface area contributed by atoms with Gasteiger partial charge in [0.15, 0.2) is 0 Å². The molecule has 0 radical (unpaired) electrons. The Hall–Kier alpha value is -1.65. The van der Waals surface area contributed by atoms with E-state index in [0.29, 0.717) is 10.4 Å². The number of rotatable bonds is 5. The molecule has 0 heterocycles. The number of aliphatic hydroxyl groups excluding tert-OH is 1. The average Bonchev–Trinajstić information content (AvgIpc) is 2.26. The largest absolute Gasteiger partial charge is 0.392 e. The van der Waals surface area contributed by atoms with Gasteiger partial charge in [-0.05, 0) is 6.92 Å². The van der Waals surface area contributed by atoms with E-state index >= 15 is 0 Å². The molecule has 112 valence electrons. The first kappa shape index (κ1) is 16.4. The molecule has 1 rings (SSSR count). The van der Waals surface area contributed by atoms with Crippen molar-refractivity contribution < 1.29 is 27.2 Å². The van der Waals surface area contributed by atoms with Crippen LogP contribution in [0.2, 0.25) is 0 Å². The van der Waals surface area contributed by atoms with Crippen LogP contribution in [0.1, 0.15) is 6.92 Å². The van der Waals surface area contributed by atoms with Gasteiger partial charge in [-0.3, -0.25) is 10.1 Å². The third kappa shape index (κ3) is 3.26. The van der Waals surface area contributed by atoms with Crippen molar-refractivity contribution in [3.05, 3.63) is 33.9 Å². The van der Waals surface area contributed by atoms with Crippen LogP contribution in [0.25, 0.3) is 0 Å².